The Morgan fingerprint density at radius 1 is 0.947 bits per heavy atom. The minimum Gasteiger partial charge on any atom is -0.399 e. The van der Waals surface area contributed by atoms with Crippen LogP contribution in [0.3, 0.4) is 0 Å². The van der Waals surface area contributed by atoms with Crippen LogP contribution in [0.4, 0.5) is 5.69 Å². The molecule has 0 aliphatic carbocycles. The van der Waals surface area contributed by atoms with Gasteiger partial charge >= 0.3 is 0 Å². The molecule has 0 aliphatic heterocycles. The zero-order chi connectivity index (χ0) is 13.2. The smallest absolute Gasteiger partial charge is 0.166 e. The zero-order valence-electron chi connectivity index (χ0n) is 10.6. The molecule has 94 valence electrons. The minimum atomic E-state index is 0.771. The molecule has 0 spiro atoms. The summed E-state index contributed by atoms with van der Waals surface area (Å²) >= 11 is 0. The molecular formula is C16H14N2O. The molecule has 1 heterocycles. The third kappa shape index (κ3) is 2.22. The van der Waals surface area contributed by atoms with Crippen molar-refractivity contribution >= 4 is 5.69 Å². The Bertz CT molecular complexity index is 685. The minimum absolute atomic E-state index is 0.771. The summed E-state index contributed by atoms with van der Waals surface area (Å²) in [5, 5.41) is 3.74. The summed E-state index contributed by atoms with van der Waals surface area (Å²) < 4.78 is 5.20. The van der Waals surface area contributed by atoms with Gasteiger partial charge in [0, 0.05) is 17.3 Å². The average molecular weight is 250 g/mol. The van der Waals surface area contributed by atoms with Crippen LogP contribution in [0, 0.1) is 6.92 Å². The molecule has 19 heavy (non-hydrogen) atoms. The lowest BCUT2D eigenvalue weighted by molar-refractivity contribution is 0.432. The maximum absolute atomic E-state index is 5.73. The third-order valence-electron chi connectivity index (χ3n) is 3.18. The van der Waals surface area contributed by atoms with Crippen LogP contribution < -0.4 is 5.73 Å². The van der Waals surface area contributed by atoms with Crippen LogP contribution in [0.1, 0.15) is 5.56 Å². The number of hydrogen-bond acceptors (Lipinski definition) is 3. The molecule has 0 amide bonds. The molecule has 0 fully saturated rings. The van der Waals surface area contributed by atoms with Crippen molar-refractivity contribution in [3.63, 3.8) is 0 Å². The Kier molecular flexibility index (Phi) is 2.80. The monoisotopic (exact) mass is 250 g/mol. The van der Waals surface area contributed by atoms with E-state index in [1.54, 1.807) is 6.20 Å². The van der Waals surface area contributed by atoms with Crippen molar-refractivity contribution in [3.8, 4) is 22.5 Å². The summed E-state index contributed by atoms with van der Waals surface area (Å²) in [5.41, 5.74) is 11.1. The predicted octanol–water partition coefficient (Wildman–Crippen LogP) is 3.90. The van der Waals surface area contributed by atoms with Crippen LogP contribution in [0.15, 0.2) is 59.3 Å². The second-order valence-electron chi connectivity index (χ2n) is 4.53. The maximum atomic E-state index is 5.73. The number of aryl methyl sites for hydroxylation is 1. The van der Waals surface area contributed by atoms with Gasteiger partial charge in [-0.15, -0.1) is 0 Å². The number of rotatable bonds is 2. The Hall–Kier alpha value is -2.55. The molecule has 1 aromatic heterocycles. The molecule has 3 nitrogen and oxygen atoms in total. The number of nitrogens with zero attached hydrogens (tertiary/aromatic N) is 1. The average Bonchev–Trinajstić information content (AvgIpc) is 2.94. The van der Waals surface area contributed by atoms with Crippen molar-refractivity contribution in [2.45, 2.75) is 6.92 Å². The highest BCUT2D eigenvalue weighted by molar-refractivity contribution is 5.74. The lowest BCUT2D eigenvalue weighted by Gasteiger charge is -2.08. The number of aromatic nitrogens is 1. The fraction of sp³-hybridized carbons (Fsp3) is 0.0625. The standard InChI is InChI=1S/C16H14N2O/c1-11-2-3-13(16-8-9-18-19-16)10-15(11)12-4-6-14(17)7-5-12/h2-10H,17H2,1H3. The molecule has 0 saturated carbocycles. The molecule has 2 N–H and O–H groups in total. The first kappa shape index (κ1) is 11.5. The Morgan fingerprint density at radius 3 is 2.37 bits per heavy atom. The van der Waals surface area contributed by atoms with Crippen LogP contribution >= 0.6 is 0 Å². The van der Waals surface area contributed by atoms with Crippen LogP contribution in [0.2, 0.25) is 0 Å². The van der Waals surface area contributed by atoms with Gasteiger partial charge in [0.25, 0.3) is 0 Å². The van der Waals surface area contributed by atoms with Crippen molar-refractivity contribution in [3.05, 3.63) is 60.3 Å². The summed E-state index contributed by atoms with van der Waals surface area (Å²) in [5.74, 6) is 0.775. The summed E-state index contributed by atoms with van der Waals surface area (Å²) in [6.07, 6.45) is 1.65. The Labute approximate surface area is 111 Å². The van der Waals surface area contributed by atoms with E-state index in [2.05, 4.69) is 24.2 Å². The molecule has 3 aromatic rings. The number of hydrogen-bond donors (Lipinski definition) is 1. The summed E-state index contributed by atoms with van der Waals surface area (Å²) in [6.45, 7) is 2.09. The highest BCUT2D eigenvalue weighted by Gasteiger charge is 2.07. The van der Waals surface area contributed by atoms with Crippen LogP contribution in [-0.4, -0.2) is 5.16 Å². The third-order valence-corrected chi connectivity index (χ3v) is 3.18. The van der Waals surface area contributed by atoms with Gasteiger partial charge in [-0.05, 0) is 41.8 Å². The molecule has 0 unspecified atom stereocenters. The summed E-state index contributed by atoms with van der Waals surface area (Å²) in [7, 11) is 0. The predicted molar refractivity (Wildman–Crippen MR) is 76.5 cm³/mol. The van der Waals surface area contributed by atoms with E-state index in [4.69, 9.17) is 10.3 Å². The molecule has 3 heteroatoms. The van der Waals surface area contributed by atoms with Gasteiger partial charge in [-0.25, -0.2) is 0 Å². The van der Waals surface area contributed by atoms with Gasteiger partial charge in [0.2, 0.25) is 0 Å². The fourth-order valence-corrected chi connectivity index (χ4v) is 2.11. The first-order chi connectivity index (χ1) is 9.24. The van der Waals surface area contributed by atoms with Crippen LogP contribution in [0.25, 0.3) is 22.5 Å². The molecule has 0 aliphatic rings. The van der Waals surface area contributed by atoms with E-state index in [0.29, 0.717) is 0 Å². The van der Waals surface area contributed by atoms with E-state index in [-0.39, 0.29) is 0 Å². The molecule has 3 rings (SSSR count). The highest BCUT2D eigenvalue weighted by atomic mass is 16.5. The Balaban J connectivity index is 2.10. The number of nitrogen functional groups attached to an aromatic ring is 1. The topological polar surface area (TPSA) is 52.0 Å². The quantitative estimate of drug-likeness (QED) is 0.702. The number of nitrogens with two attached hydrogens (primary N) is 1. The number of benzene rings is 2. The lowest BCUT2D eigenvalue weighted by Crippen LogP contribution is -1.87. The molecule has 0 atom stereocenters. The van der Waals surface area contributed by atoms with Crippen molar-refractivity contribution in [1.82, 2.24) is 5.16 Å². The highest BCUT2D eigenvalue weighted by Crippen LogP contribution is 2.29. The molecular weight excluding hydrogens is 236 g/mol. The van der Waals surface area contributed by atoms with Crippen LogP contribution in [0.5, 0.6) is 0 Å². The fourth-order valence-electron chi connectivity index (χ4n) is 2.11. The van der Waals surface area contributed by atoms with Gasteiger partial charge < -0.3 is 10.3 Å². The first-order valence-corrected chi connectivity index (χ1v) is 6.11. The number of anilines is 1. The van der Waals surface area contributed by atoms with E-state index in [1.165, 1.54) is 11.1 Å². The lowest BCUT2D eigenvalue weighted by atomic mass is 9.97. The first-order valence-electron chi connectivity index (χ1n) is 6.11. The summed E-state index contributed by atoms with van der Waals surface area (Å²) in [6, 6.07) is 16.0. The van der Waals surface area contributed by atoms with E-state index in [9.17, 15) is 0 Å². The van der Waals surface area contributed by atoms with Crippen molar-refractivity contribution in [1.29, 1.82) is 0 Å². The van der Waals surface area contributed by atoms with Gasteiger partial charge in [-0.1, -0.05) is 29.4 Å². The second kappa shape index (κ2) is 4.61. The van der Waals surface area contributed by atoms with Crippen LogP contribution in [-0.2, 0) is 0 Å². The zero-order valence-corrected chi connectivity index (χ0v) is 10.6. The normalized spacial score (nSPS) is 10.6. The molecule has 0 saturated heterocycles. The maximum Gasteiger partial charge on any atom is 0.166 e. The second-order valence-corrected chi connectivity index (χ2v) is 4.53. The van der Waals surface area contributed by atoms with Crippen molar-refractivity contribution in [2.24, 2.45) is 0 Å². The van der Waals surface area contributed by atoms with Gasteiger partial charge in [0.15, 0.2) is 5.76 Å². The van der Waals surface area contributed by atoms with Gasteiger partial charge in [-0.2, -0.15) is 0 Å². The van der Waals surface area contributed by atoms with E-state index in [0.717, 1.165) is 22.6 Å². The Morgan fingerprint density at radius 2 is 1.68 bits per heavy atom. The summed E-state index contributed by atoms with van der Waals surface area (Å²) in [4.78, 5) is 0. The van der Waals surface area contributed by atoms with E-state index >= 15 is 0 Å². The van der Waals surface area contributed by atoms with E-state index < -0.39 is 0 Å². The molecule has 0 radical (unpaired) electrons. The van der Waals surface area contributed by atoms with E-state index in [1.807, 2.05) is 36.4 Å². The van der Waals surface area contributed by atoms with Gasteiger partial charge in [-0.3, -0.25) is 0 Å². The molecule has 2 aromatic carbocycles. The molecule has 0 bridgehead atoms. The van der Waals surface area contributed by atoms with Crippen molar-refractivity contribution in [2.75, 3.05) is 5.73 Å². The van der Waals surface area contributed by atoms with Crippen molar-refractivity contribution < 1.29 is 4.52 Å². The largest absolute Gasteiger partial charge is 0.399 e. The SMILES string of the molecule is Cc1ccc(-c2ccno2)cc1-c1ccc(N)cc1. The van der Waals surface area contributed by atoms with Gasteiger partial charge in [0.1, 0.15) is 0 Å². The van der Waals surface area contributed by atoms with Gasteiger partial charge in [0.05, 0.1) is 6.20 Å².